The van der Waals surface area contributed by atoms with Crippen LogP contribution in [0.15, 0.2) is 24.3 Å². The number of amides is 1. The van der Waals surface area contributed by atoms with E-state index in [0.717, 1.165) is 12.8 Å². The molecule has 18 heavy (non-hydrogen) atoms. The van der Waals surface area contributed by atoms with E-state index in [1.807, 2.05) is 0 Å². The molecule has 1 N–H and O–H groups in total. The molecule has 0 aliphatic carbocycles. The van der Waals surface area contributed by atoms with E-state index in [9.17, 15) is 14.9 Å². The largest absolute Gasteiger partial charge is 0.378 e. The van der Waals surface area contributed by atoms with E-state index in [1.165, 1.54) is 12.1 Å². The number of carbonyl (C=O) groups is 1. The summed E-state index contributed by atoms with van der Waals surface area (Å²) >= 11 is 0. The fourth-order valence-corrected chi connectivity index (χ4v) is 1.92. The van der Waals surface area contributed by atoms with Gasteiger partial charge in [-0.3, -0.25) is 14.9 Å². The van der Waals surface area contributed by atoms with Crippen molar-refractivity contribution in [3.05, 3.63) is 34.4 Å². The van der Waals surface area contributed by atoms with Gasteiger partial charge in [0, 0.05) is 24.4 Å². The van der Waals surface area contributed by atoms with Gasteiger partial charge in [0.15, 0.2) is 0 Å². The highest BCUT2D eigenvalue weighted by molar-refractivity contribution is 5.91. The minimum Gasteiger partial charge on any atom is -0.378 e. The second-order valence-electron chi connectivity index (χ2n) is 4.19. The van der Waals surface area contributed by atoms with Gasteiger partial charge in [0.1, 0.15) is 0 Å². The van der Waals surface area contributed by atoms with Gasteiger partial charge in [0.25, 0.3) is 5.69 Å². The summed E-state index contributed by atoms with van der Waals surface area (Å²) in [5.41, 5.74) is 0.400. The van der Waals surface area contributed by atoms with Crippen molar-refractivity contribution in [3.8, 4) is 0 Å². The summed E-state index contributed by atoms with van der Waals surface area (Å²) < 4.78 is 5.35. The molecule has 6 nitrogen and oxygen atoms in total. The zero-order chi connectivity index (χ0) is 13.0. The first-order valence-corrected chi connectivity index (χ1v) is 5.81. The molecule has 1 unspecified atom stereocenters. The number of carbonyl (C=O) groups excluding carboxylic acids is 1. The van der Waals surface area contributed by atoms with Crippen LogP contribution in [0.5, 0.6) is 0 Å². The van der Waals surface area contributed by atoms with Gasteiger partial charge in [-0.2, -0.15) is 0 Å². The van der Waals surface area contributed by atoms with E-state index in [4.69, 9.17) is 4.74 Å². The summed E-state index contributed by atoms with van der Waals surface area (Å²) in [6.07, 6.45) is 2.14. The van der Waals surface area contributed by atoms with E-state index < -0.39 is 4.92 Å². The fourth-order valence-electron chi connectivity index (χ4n) is 1.92. The van der Waals surface area contributed by atoms with Crippen LogP contribution < -0.4 is 5.32 Å². The molecule has 1 aliphatic heterocycles. The number of hydrogen-bond acceptors (Lipinski definition) is 4. The van der Waals surface area contributed by atoms with E-state index in [-0.39, 0.29) is 17.7 Å². The van der Waals surface area contributed by atoms with Crippen molar-refractivity contribution in [2.75, 3.05) is 11.9 Å². The van der Waals surface area contributed by atoms with Crippen molar-refractivity contribution in [3.63, 3.8) is 0 Å². The third-order valence-corrected chi connectivity index (χ3v) is 2.78. The van der Waals surface area contributed by atoms with Gasteiger partial charge in [-0.15, -0.1) is 0 Å². The highest BCUT2D eigenvalue weighted by Crippen LogP contribution is 2.19. The average molecular weight is 250 g/mol. The van der Waals surface area contributed by atoms with Crippen LogP contribution in [0.25, 0.3) is 0 Å². The summed E-state index contributed by atoms with van der Waals surface area (Å²) in [6.45, 7) is 0.703. The van der Waals surface area contributed by atoms with Crippen LogP contribution in [-0.4, -0.2) is 23.5 Å². The molecule has 0 radical (unpaired) electrons. The topological polar surface area (TPSA) is 81.5 Å². The fraction of sp³-hybridized carbons (Fsp3) is 0.417. The molecule has 1 atom stereocenters. The predicted molar refractivity (Wildman–Crippen MR) is 65.3 cm³/mol. The first-order chi connectivity index (χ1) is 8.65. The van der Waals surface area contributed by atoms with Crippen LogP contribution >= 0.6 is 0 Å². The zero-order valence-corrected chi connectivity index (χ0v) is 9.80. The Bertz CT molecular complexity index is 455. The lowest BCUT2D eigenvalue weighted by molar-refractivity contribution is -0.384. The maximum absolute atomic E-state index is 11.7. The van der Waals surface area contributed by atoms with Gasteiger partial charge in [-0.25, -0.2) is 0 Å². The molecule has 1 saturated heterocycles. The Labute approximate surface area is 104 Å². The molecule has 1 heterocycles. The molecule has 1 amide bonds. The Morgan fingerprint density at radius 1 is 1.56 bits per heavy atom. The van der Waals surface area contributed by atoms with Gasteiger partial charge >= 0.3 is 0 Å². The van der Waals surface area contributed by atoms with E-state index >= 15 is 0 Å². The molecule has 1 aromatic carbocycles. The van der Waals surface area contributed by atoms with Crippen molar-refractivity contribution in [2.24, 2.45) is 0 Å². The van der Waals surface area contributed by atoms with Crippen molar-refractivity contribution in [1.82, 2.24) is 0 Å². The molecule has 1 aromatic rings. The number of nitrogens with zero attached hydrogens (tertiary/aromatic N) is 1. The first kappa shape index (κ1) is 12.5. The quantitative estimate of drug-likeness (QED) is 0.655. The minimum absolute atomic E-state index is 0.0244. The molecular weight excluding hydrogens is 236 g/mol. The number of ether oxygens (including phenoxy) is 1. The van der Waals surface area contributed by atoms with E-state index in [0.29, 0.717) is 18.7 Å². The van der Waals surface area contributed by atoms with E-state index in [2.05, 4.69) is 5.32 Å². The lowest BCUT2D eigenvalue weighted by Crippen LogP contribution is -2.19. The monoisotopic (exact) mass is 250 g/mol. The van der Waals surface area contributed by atoms with Gasteiger partial charge in [0.2, 0.25) is 5.91 Å². The maximum Gasteiger partial charge on any atom is 0.271 e. The van der Waals surface area contributed by atoms with Crippen LogP contribution in [0.4, 0.5) is 11.4 Å². The molecule has 96 valence electrons. The zero-order valence-electron chi connectivity index (χ0n) is 9.80. The van der Waals surface area contributed by atoms with Gasteiger partial charge in [0.05, 0.1) is 17.4 Å². The molecular formula is C12H14N2O4. The van der Waals surface area contributed by atoms with Crippen LogP contribution in [-0.2, 0) is 9.53 Å². The van der Waals surface area contributed by atoms with Crippen molar-refractivity contribution >= 4 is 17.3 Å². The number of nitro groups is 1. The van der Waals surface area contributed by atoms with Crippen molar-refractivity contribution in [2.45, 2.75) is 25.4 Å². The smallest absolute Gasteiger partial charge is 0.271 e. The summed E-state index contributed by atoms with van der Waals surface area (Å²) in [5.74, 6) is -0.178. The van der Waals surface area contributed by atoms with Crippen molar-refractivity contribution in [1.29, 1.82) is 0 Å². The van der Waals surface area contributed by atoms with Crippen LogP contribution in [0.2, 0.25) is 0 Å². The minimum atomic E-state index is -0.490. The van der Waals surface area contributed by atoms with Gasteiger partial charge < -0.3 is 10.1 Å². The summed E-state index contributed by atoms with van der Waals surface area (Å²) in [6, 6.07) is 5.89. The van der Waals surface area contributed by atoms with Crippen LogP contribution in [0.3, 0.4) is 0 Å². The molecule has 0 aromatic heterocycles. The van der Waals surface area contributed by atoms with Crippen LogP contribution in [0.1, 0.15) is 19.3 Å². The Kier molecular flexibility index (Phi) is 3.88. The van der Waals surface area contributed by atoms with Crippen molar-refractivity contribution < 1.29 is 14.5 Å². The number of anilines is 1. The van der Waals surface area contributed by atoms with E-state index in [1.54, 1.807) is 12.1 Å². The molecule has 0 saturated carbocycles. The normalized spacial score (nSPS) is 18.6. The Balaban J connectivity index is 1.93. The second kappa shape index (κ2) is 5.59. The molecule has 0 bridgehead atoms. The third kappa shape index (κ3) is 3.27. The highest BCUT2D eigenvalue weighted by atomic mass is 16.6. The third-order valence-electron chi connectivity index (χ3n) is 2.78. The molecule has 2 rings (SSSR count). The molecule has 0 spiro atoms. The number of rotatable bonds is 4. The number of benzene rings is 1. The Morgan fingerprint density at radius 2 is 2.39 bits per heavy atom. The Hall–Kier alpha value is -1.95. The number of non-ortho nitro benzene ring substituents is 1. The average Bonchev–Trinajstić information content (AvgIpc) is 2.82. The number of hydrogen-bond donors (Lipinski definition) is 1. The highest BCUT2D eigenvalue weighted by Gasteiger charge is 2.19. The molecule has 1 fully saturated rings. The maximum atomic E-state index is 11.7. The summed E-state index contributed by atoms with van der Waals surface area (Å²) in [4.78, 5) is 21.8. The molecule has 1 aliphatic rings. The summed E-state index contributed by atoms with van der Waals surface area (Å²) in [7, 11) is 0. The Morgan fingerprint density at radius 3 is 3.06 bits per heavy atom. The SMILES string of the molecule is O=C(CC1CCCO1)Nc1cccc([N+](=O)[O-])c1. The van der Waals surface area contributed by atoms with Gasteiger partial charge in [-0.05, 0) is 18.9 Å². The summed E-state index contributed by atoms with van der Waals surface area (Å²) in [5, 5.41) is 13.2. The lowest BCUT2D eigenvalue weighted by atomic mass is 10.1. The standard InChI is InChI=1S/C12H14N2O4/c15-12(8-11-5-2-6-18-11)13-9-3-1-4-10(7-9)14(16)17/h1,3-4,7,11H,2,5-6,8H2,(H,13,15). The number of nitro benzene ring substituents is 1. The van der Waals surface area contributed by atoms with Crippen LogP contribution in [0, 0.1) is 10.1 Å². The second-order valence-corrected chi connectivity index (χ2v) is 4.19. The molecule has 6 heteroatoms. The number of nitrogens with one attached hydrogen (secondary N) is 1. The predicted octanol–water partition coefficient (Wildman–Crippen LogP) is 2.10. The first-order valence-electron chi connectivity index (χ1n) is 5.81. The van der Waals surface area contributed by atoms with Gasteiger partial charge in [-0.1, -0.05) is 6.07 Å². The lowest BCUT2D eigenvalue weighted by Gasteiger charge is -2.09.